The van der Waals surface area contributed by atoms with E-state index in [0.717, 1.165) is 18.6 Å². The van der Waals surface area contributed by atoms with Gasteiger partial charge in [0, 0.05) is 11.7 Å². The molecular weight excluding hydrogens is 264 g/mol. The van der Waals surface area contributed by atoms with Crippen molar-refractivity contribution < 1.29 is 9.90 Å². The summed E-state index contributed by atoms with van der Waals surface area (Å²) in [5.74, 6) is 0.295. The van der Waals surface area contributed by atoms with Gasteiger partial charge in [-0.25, -0.2) is 0 Å². The second-order valence-electron chi connectivity index (χ2n) is 4.93. The molecule has 1 N–H and O–H groups in total. The number of unbranched alkanes of at least 4 members (excludes halogenated alkanes) is 6. The second kappa shape index (κ2) is 13.6. The average molecular weight is 293 g/mol. The summed E-state index contributed by atoms with van der Waals surface area (Å²) in [6.07, 6.45) is 12.0. The summed E-state index contributed by atoms with van der Waals surface area (Å²) in [4.78, 5) is 10.3. The van der Waals surface area contributed by atoms with Gasteiger partial charge in [-0.05, 0) is 31.4 Å². The van der Waals surface area contributed by atoms with E-state index in [9.17, 15) is 4.79 Å². The van der Waals surface area contributed by atoms with Crippen molar-refractivity contribution in [1.82, 2.24) is 0 Å². The highest BCUT2D eigenvalue weighted by Gasteiger charge is 2.02. The molecule has 0 fully saturated rings. The molecule has 0 amide bonds. The normalized spacial score (nSPS) is 12.6. The van der Waals surface area contributed by atoms with Gasteiger partial charge in [0.05, 0.1) is 0 Å². The van der Waals surface area contributed by atoms with Crippen molar-refractivity contribution in [2.45, 2.75) is 75.9 Å². The monoisotopic (exact) mass is 292 g/mol. The average Bonchev–Trinajstić information content (AvgIpc) is 2.34. The van der Waals surface area contributed by atoms with Crippen LogP contribution in [0.5, 0.6) is 0 Å². The van der Waals surface area contributed by atoms with Crippen LogP contribution in [-0.4, -0.2) is 22.1 Å². The van der Waals surface area contributed by atoms with Gasteiger partial charge >= 0.3 is 5.97 Å². The SMILES string of the molecule is O=C(O)CCCCCCCCCC(S)CCCS. The van der Waals surface area contributed by atoms with Crippen LogP contribution in [0.3, 0.4) is 0 Å². The highest BCUT2D eigenvalue weighted by Crippen LogP contribution is 2.16. The van der Waals surface area contributed by atoms with E-state index in [4.69, 9.17) is 5.11 Å². The maximum atomic E-state index is 10.3. The molecule has 0 heterocycles. The van der Waals surface area contributed by atoms with E-state index in [1.165, 1.54) is 51.4 Å². The molecule has 0 saturated carbocycles. The van der Waals surface area contributed by atoms with E-state index in [1.54, 1.807) is 0 Å². The molecule has 0 aromatic rings. The van der Waals surface area contributed by atoms with Gasteiger partial charge in [-0.2, -0.15) is 25.3 Å². The van der Waals surface area contributed by atoms with Gasteiger partial charge < -0.3 is 5.11 Å². The van der Waals surface area contributed by atoms with Gasteiger partial charge in [-0.15, -0.1) is 0 Å². The fourth-order valence-electron chi connectivity index (χ4n) is 2.01. The van der Waals surface area contributed by atoms with Crippen LogP contribution in [0.15, 0.2) is 0 Å². The Morgan fingerprint density at radius 1 is 0.889 bits per heavy atom. The quantitative estimate of drug-likeness (QED) is 0.343. The minimum atomic E-state index is -0.670. The fraction of sp³-hybridized carbons (Fsp3) is 0.929. The number of aliphatic carboxylic acids is 1. The number of hydrogen-bond acceptors (Lipinski definition) is 3. The Hall–Kier alpha value is 0.170. The van der Waals surface area contributed by atoms with Crippen molar-refractivity contribution in [3.63, 3.8) is 0 Å². The molecule has 18 heavy (non-hydrogen) atoms. The fourth-order valence-corrected chi connectivity index (χ4v) is 2.56. The Morgan fingerprint density at radius 2 is 1.39 bits per heavy atom. The number of carboxylic acids is 1. The zero-order valence-electron chi connectivity index (χ0n) is 11.3. The van der Waals surface area contributed by atoms with Gasteiger partial charge in [0.1, 0.15) is 0 Å². The van der Waals surface area contributed by atoms with Crippen molar-refractivity contribution in [3.8, 4) is 0 Å². The maximum Gasteiger partial charge on any atom is 0.303 e. The van der Waals surface area contributed by atoms with Gasteiger partial charge in [-0.1, -0.05) is 38.5 Å². The Morgan fingerprint density at radius 3 is 1.94 bits per heavy atom. The highest BCUT2D eigenvalue weighted by molar-refractivity contribution is 7.81. The predicted molar refractivity (Wildman–Crippen MR) is 85.0 cm³/mol. The van der Waals surface area contributed by atoms with E-state index < -0.39 is 5.97 Å². The lowest BCUT2D eigenvalue weighted by molar-refractivity contribution is -0.137. The first-order chi connectivity index (χ1) is 8.66. The Balaban J connectivity index is 3.09. The topological polar surface area (TPSA) is 37.3 Å². The third-order valence-electron chi connectivity index (χ3n) is 3.12. The van der Waals surface area contributed by atoms with Gasteiger partial charge in [0.2, 0.25) is 0 Å². The summed E-state index contributed by atoms with van der Waals surface area (Å²) in [6, 6.07) is 0. The number of carboxylic acid groups (broad SMARTS) is 1. The van der Waals surface area contributed by atoms with Crippen LogP contribution in [0.25, 0.3) is 0 Å². The van der Waals surface area contributed by atoms with Crippen molar-refractivity contribution in [2.75, 3.05) is 5.75 Å². The predicted octanol–water partition coefficient (Wildman–Crippen LogP) is 4.59. The molecule has 108 valence electrons. The number of thiol groups is 2. The Kier molecular flexibility index (Phi) is 13.7. The van der Waals surface area contributed by atoms with Crippen LogP contribution >= 0.6 is 25.3 Å². The highest BCUT2D eigenvalue weighted by atomic mass is 32.1. The van der Waals surface area contributed by atoms with Crippen molar-refractivity contribution in [3.05, 3.63) is 0 Å². The summed E-state index contributed by atoms with van der Waals surface area (Å²) in [7, 11) is 0. The largest absolute Gasteiger partial charge is 0.481 e. The summed E-state index contributed by atoms with van der Waals surface area (Å²) in [5.41, 5.74) is 0. The summed E-state index contributed by atoms with van der Waals surface area (Å²) >= 11 is 8.77. The molecule has 1 unspecified atom stereocenters. The first kappa shape index (κ1) is 18.2. The molecule has 0 saturated heterocycles. The molecule has 0 radical (unpaired) electrons. The smallest absolute Gasteiger partial charge is 0.303 e. The molecule has 0 aliphatic heterocycles. The minimum Gasteiger partial charge on any atom is -0.481 e. The first-order valence-corrected chi connectivity index (χ1v) is 8.32. The molecule has 0 aromatic carbocycles. The standard InChI is InChI=1S/C14H28O2S2/c15-14(16)11-7-5-3-1-2-4-6-9-13(18)10-8-12-17/h13,17-18H,1-12H2,(H,15,16). The first-order valence-electron chi connectivity index (χ1n) is 7.17. The van der Waals surface area contributed by atoms with E-state index in [1.807, 2.05) is 0 Å². The van der Waals surface area contributed by atoms with Crippen molar-refractivity contribution in [2.24, 2.45) is 0 Å². The summed E-state index contributed by atoms with van der Waals surface area (Å²) in [6.45, 7) is 0. The van der Waals surface area contributed by atoms with E-state index in [2.05, 4.69) is 25.3 Å². The molecule has 2 nitrogen and oxygen atoms in total. The molecule has 0 aliphatic carbocycles. The van der Waals surface area contributed by atoms with E-state index in [0.29, 0.717) is 11.7 Å². The van der Waals surface area contributed by atoms with E-state index >= 15 is 0 Å². The lowest BCUT2D eigenvalue weighted by atomic mass is 10.1. The molecule has 0 aliphatic rings. The van der Waals surface area contributed by atoms with Crippen molar-refractivity contribution >= 4 is 31.2 Å². The third kappa shape index (κ3) is 14.2. The molecule has 1 atom stereocenters. The number of carbonyl (C=O) groups is 1. The third-order valence-corrected chi connectivity index (χ3v) is 3.96. The zero-order chi connectivity index (χ0) is 13.6. The van der Waals surface area contributed by atoms with Crippen LogP contribution in [0.2, 0.25) is 0 Å². The van der Waals surface area contributed by atoms with Crippen LogP contribution in [0, 0.1) is 0 Å². The molecule has 0 rings (SSSR count). The maximum absolute atomic E-state index is 10.3. The van der Waals surface area contributed by atoms with Gasteiger partial charge in [-0.3, -0.25) is 4.79 Å². The van der Waals surface area contributed by atoms with E-state index in [-0.39, 0.29) is 0 Å². The van der Waals surface area contributed by atoms with Gasteiger partial charge in [0.25, 0.3) is 0 Å². The van der Waals surface area contributed by atoms with Crippen LogP contribution < -0.4 is 0 Å². The van der Waals surface area contributed by atoms with Crippen LogP contribution in [0.4, 0.5) is 0 Å². The summed E-state index contributed by atoms with van der Waals surface area (Å²) < 4.78 is 0. The molecule has 0 aromatic heterocycles. The Bertz CT molecular complexity index is 198. The lowest BCUT2D eigenvalue weighted by Gasteiger charge is -2.09. The Labute approximate surface area is 123 Å². The molecule has 0 spiro atoms. The van der Waals surface area contributed by atoms with Crippen LogP contribution in [-0.2, 0) is 4.79 Å². The van der Waals surface area contributed by atoms with Crippen LogP contribution in [0.1, 0.15) is 70.6 Å². The summed E-state index contributed by atoms with van der Waals surface area (Å²) in [5, 5.41) is 9.04. The zero-order valence-corrected chi connectivity index (χ0v) is 13.1. The van der Waals surface area contributed by atoms with Gasteiger partial charge in [0.15, 0.2) is 0 Å². The molecule has 0 bridgehead atoms. The minimum absolute atomic E-state index is 0.326. The number of rotatable bonds is 13. The number of hydrogen-bond donors (Lipinski definition) is 3. The van der Waals surface area contributed by atoms with Crippen molar-refractivity contribution in [1.29, 1.82) is 0 Å². The molecular formula is C14H28O2S2. The lowest BCUT2D eigenvalue weighted by Crippen LogP contribution is -1.99. The second-order valence-corrected chi connectivity index (χ2v) is 6.10. The molecule has 4 heteroatoms.